The number of carboxylic acid groups (broad SMARTS) is 1. The van der Waals surface area contributed by atoms with Crippen molar-refractivity contribution in [3.05, 3.63) is 5.01 Å². The minimum absolute atomic E-state index is 0.00124. The maximum atomic E-state index is 11.7. The van der Waals surface area contributed by atoms with E-state index < -0.39 is 15.8 Å². The highest BCUT2D eigenvalue weighted by molar-refractivity contribution is 7.93. The Kier molecular flexibility index (Phi) is 5.01. The largest absolute Gasteiger partial charge is 0.476 e. The molecule has 0 bridgehead atoms. The molecule has 17 heavy (non-hydrogen) atoms. The summed E-state index contributed by atoms with van der Waals surface area (Å²) in [5.41, 5.74) is 0. The molecule has 1 aromatic rings. The molecule has 0 aliphatic carbocycles. The third-order valence-electron chi connectivity index (χ3n) is 2.12. The van der Waals surface area contributed by atoms with E-state index in [1.165, 1.54) is 0 Å². The van der Waals surface area contributed by atoms with Crippen LogP contribution in [0, 0.1) is 0 Å². The van der Waals surface area contributed by atoms with Gasteiger partial charge in [-0.25, -0.2) is 13.2 Å². The van der Waals surface area contributed by atoms with E-state index in [-0.39, 0.29) is 15.1 Å². The van der Waals surface area contributed by atoms with Gasteiger partial charge < -0.3 is 5.11 Å². The molecule has 0 radical (unpaired) electrons. The Balaban J connectivity index is 2.66. The van der Waals surface area contributed by atoms with E-state index in [1.807, 2.05) is 6.92 Å². The molecule has 0 aliphatic rings. The zero-order valence-corrected chi connectivity index (χ0v) is 11.1. The highest BCUT2D eigenvalue weighted by atomic mass is 32.2. The van der Waals surface area contributed by atoms with Gasteiger partial charge in [-0.2, -0.15) is 0 Å². The summed E-state index contributed by atoms with van der Waals surface area (Å²) >= 11 is 0.602. The van der Waals surface area contributed by atoms with Crippen LogP contribution < -0.4 is 0 Å². The minimum Gasteiger partial charge on any atom is -0.476 e. The highest BCUT2D eigenvalue weighted by Crippen LogP contribution is 2.18. The Bertz CT molecular complexity index is 481. The van der Waals surface area contributed by atoms with Crippen molar-refractivity contribution < 1.29 is 18.3 Å². The Morgan fingerprint density at radius 2 is 2.00 bits per heavy atom. The van der Waals surface area contributed by atoms with Crippen LogP contribution in [0.1, 0.15) is 42.4 Å². The molecule has 0 fully saturated rings. The summed E-state index contributed by atoms with van der Waals surface area (Å²) in [5, 5.41) is 15.1. The molecule has 0 amide bonds. The van der Waals surface area contributed by atoms with Gasteiger partial charge in [0.05, 0.1) is 5.75 Å². The number of hydrogen-bond donors (Lipinski definition) is 1. The van der Waals surface area contributed by atoms with Crippen molar-refractivity contribution >= 4 is 27.1 Å². The summed E-state index contributed by atoms with van der Waals surface area (Å²) in [4.78, 5) is 10.6. The number of rotatable bonds is 7. The summed E-state index contributed by atoms with van der Waals surface area (Å²) in [6, 6.07) is 0. The lowest BCUT2D eigenvalue weighted by Crippen LogP contribution is -2.06. The predicted molar refractivity (Wildman–Crippen MR) is 63.1 cm³/mol. The Morgan fingerprint density at radius 1 is 1.29 bits per heavy atom. The molecule has 0 atom stereocenters. The predicted octanol–water partition coefficient (Wildman–Crippen LogP) is 1.59. The zero-order valence-electron chi connectivity index (χ0n) is 9.42. The Morgan fingerprint density at radius 3 is 2.53 bits per heavy atom. The first-order chi connectivity index (χ1) is 7.97. The van der Waals surface area contributed by atoms with E-state index in [9.17, 15) is 13.2 Å². The van der Waals surface area contributed by atoms with Gasteiger partial charge in [-0.15, -0.1) is 10.2 Å². The van der Waals surface area contributed by atoms with Crippen LogP contribution in [-0.2, 0) is 9.84 Å². The fourth-order valence-electron chi connectivity index (χ4n) is 1.23. The van der Waals surface area contributed by atoms with Gasteiger partial charge in [-0.1, -0.05) is 37.5 Å². The van der Waals surface area contributed by atoms with Crippen LogP contribution in [-0.4, -0.2) is 35.4 Å². The molecule has 0 aromatic carbocycles. The van der Waals surface area contributed by atoms with Crippen LogP contribution in [0.4, 0.5) is 0 Å². The first kappa shape index (κ1) is 14.0. The van der Waals surface area contributed by atoms with Crippen LogP contribution in [0.15, 0.2) is 4.34 Å². The number of sulfone groups is 1. The van der Waals surface area contributed by atoms with E-state index in [4.69, 9.17) is 5.11 Å². The molecule has 96 valence electrons. The maximum absolute atomic E-state index is 11.7. The second kappa shape index (κ2) is 6.06. The summed E-state index contributed by atoms with van der Waals surface area (Å²) in [7, 11) is -3.47. The molecular formula is C9H14N2O4S2. The van der Waals surface area contributed by atoms with Gasteiger partial charge in [0.2, 0.25) is 19.2 Å². The number of unbranched alkanes of at least 4 members (excludes halogenated alkanes) is 3. The molecule has 1 N–H and O–H groups in total. The normalized spacial score (nSPS) is 11.6. The Hall–Kier alpha value is -1.02. The molecular weight excluding hydrogens is 264 g/mol. The fourth-order valence-corrected chi connectivity index (χ4v) is 3.56. The maximum Gasteiger partial charge on any atom is 0.367 e. The van der Waals surface area contributed by atoms with Gasteiger partial charge in [0.15, 0.2) is 0 Å². The minimum atomic E-state index is -3.47. The summed E-state index contributed by atoms with van der Waals surface area (Å²) in [5.74, 6) is -1.25. The van der Waals surface area contributed by atoms with Crippen molar-refractivity contribution in [2.75, 3.05) is 5.75 Å². The summed E-state index contributed by atoms with van der Waals surface area (Å²) in [6.07, 6.45) is 3.44. The monoisotopic (exact) mass is 278 g/mol. The molecule has 0 spiro atoms. The van der Waals surface area contributed by atoms with Gasteiger partial charge in [0.25, 0.3) is 0 Å². The molecule has 0 unspecified atom stereocenters. The van der Waals surface area contributed by atoms with Gasteiger partial charge >= 0.3 is 5.97 Å². The average molecular weight is 278 g/mol. The topological polar surface area (TPSA) is 97.2 Å². The van der Waals surface area contributed by atoms with E-state index in [0.29, 0.717) is 17.8 Å². The number of nitrogens with zero attached hydrogens (tertiary/aromatic N) is 2. The molecule has 0 saturated heterocycles. The number of carboxylic acids is 1. The van der Waals surface area contributed by atoms with Crippen molar-refractivity contribution in [2.24, 2.45) is 0 Å². The molecule has 8 heteroatoms. The van der Waals surface area contributed by atoms with Crippen molar-refractivity contribution in [3.8, 4) is 0 Å². The molecule has 0 aliphatic heterocycles. The van der Waals surface area contributed by atoms with Crippen LogP contribution in [0.5, 0.6) is 0 Å². The first-order valence-electron chi connectivity index (χ1n) is 5.27. The van der Waals surface area contributed by atoms with Gasteiger partial charge in [0, 0.05) is 0 Å². The molecule has 6 nitrogen and oxygen atoms in total. The van der Waals surface area contributed by atoms with Crippen LogP contribution in [0.2, 0.25) is 0 Å². The van der Waals surface area contributed by atoms with E-state index in [2.05, 4.69) is 10.2 Å². The molecule has 1 aromatic heterocycles. The number of carbonyl (C=O) groups is 1. The van der Waals surface area contributed by atoms with E-state index in [0.717, 1.165) is 19.3 Å². The molecule has 0 saturated carbocycles. The quantitative estimate of drug-likeness (QED) is 0.761. The average Bonchev–Trinajstić information content (AvgIpc) is 2.74. The SMILES string of the molecule is CCCCCCS(=O)(=O)c1nnc(C(=O)O)s1. The number of aromatic carboxylic acids is 1. The van der Waals surface area contributed by atoms with Crippen molar-refractivity contribution in [3.63, 3.8) is 0 Å². The van der Waals surface area contributed by atoms with Crippen molar-refractivity contribution in [1.82, 2.24) is 10.2 Å². The third-order valence-corrected chi connectivity index (χ3v) is 5.28. The second-order valence-electron chi connectivity index (χ2n) is 3.56. The van der Waals surface area contributed by atoms with E-state index >= 15 is 0 Å². The standard InChI is InChI=1S/C9H14N2O4S2/c1-2-3-4-5-6-17(14,15)9-11-10-7(16-9)8(12)13/h2-6H2,1H3,(H,12,13). The van der Waals surface area contributed by atoms with Gasteiger partial charge in [0.1, 0.15) is 0 Å². The van der Waals surface area contributed by atoms with Gasteiger partial charge in [-0.3, -0.25) is 0 Å². The van der Waals surface area contributed by atoms with Crippen LogP contribution in [0.25, 0.3) is 0 Å². The lowest BCUT2D eigenvalue weighted by molar-refractivity contribution is 0.0695. The smallest absolute Gasteiger partial charge is 0.367 e. The Labute approximate surface area is 104 Å². The van der Waals surface area contributed by atoms with E-state index in [1.54, 1.807) is 0 Å². The molecule has 1 heterocycles. The van der Waals surface area contributed by atoms with Crippen molar-refractivity contribution in [2.45, 2.75) is 36.9 Å². The first-order valence-corrected chi connectivity index (χ1v) is 7.74. The highest BCUT2D eigenvalue weighted by Gasteiger charge is 2.21. The van der Waals surface area contributed by atoms with Gasteiger partial charge in [-0.05, 0) is 6.42 Å². The lowest BCUT2D eigenvalue weighted by Gasteiger charge is -1.99. The molecule has 1 rings (SSSR count). The fraction of sp³-hybridized carbons (Fsp3) is 0.667. The second-order valence-corrected chi connectivity index (χ2v) is 6.82. The summed E-state index contributed by atoms with van der Waals surface area (Å²) in [6.45, 7) is 2.04. The lowest BCUT2D eigenvalue weighted by atomic mass is 10.2. The van der Waals surface area contributed by atoms with Crippen LogP contribution >= 0.6 is 11.3 Å². The van der Waals surface area contributed by atoms with Crippen molar-refractivity contribution in [1.29, 1.82) is 0 Å². The zero-order chi connectivity index (χ0) is 12.9. The number of aromatic nitrogens is 2. The summed E-state index contributed by atoms with van der Waals surface area (Å²) < 4.78 is 23.3. The van der Waals surface area contributed by atoms with Crippen LogP contribution in [0.3, 0.4) is 0 Å². The number of hydrogen-bond acceptors (Lipinski definition) is 6. The third kappa shape index (κ3) is 4.04.